The molecule has 0 radical (unpaired) electrons. The van der Waals surface area contributed by atoms with Crippen molar-refractivity contribution < 1.29 is 9.53 Å². The van der Waals surface area contributed by atoms with Crippen molar-refractivity contribution >= 4 is 17.0 Å². The summed E-state index contributed by atoms with van der Waals surface area (Å²) in [4.78, 5) is 17.4. The lowest BCUT2D eigenvalue weighted by atomic mass is 9.81. The SMILES string of the molecule is CCc1nc2ccccc2n1CC(=O)OC12CC3CC(CC1C3)C2. The molecule has 2 unspecified atom stereocenters. The van der Waals surface area contributed by atoms with Crippen molar-refractivity contribution in [3.05, 3.63) is 30.1 Å². The molecule has 4 nitrogen and oxygen atoms in total. The number of carbonyl (C=O) groups excluding carboxylic acids is 1. The predicted molar refractivity (Wildman–Crippen MR) is 91.5 cm³/mol. The van der Waals surface area contributed by atoms with E-state index in [1.54, 1.807) is 0 Å². The van der Waals surface area contributed by atoms with E-state index >= 15 is 0 Å². The van der Waals surface area contributed by atoms with Crippen molar-refractivity contribution in [1.29, 1.82) is 0 Å². The topological polar surface area (TPSA) is 44.1 Å². The van der Waals surface area contributed by atoms with E-state index in [2.05, 4.69) is 11.9 Å². The number of hydrogen-bond acceptors (Lipinski definition) is 3. The molecule has 1 heterocycles. The van der Waals surface area contributed by atoms with Crippen LogP contribution in [0.5, 0.6) is 0 Å². The summed E-state index contributed by atoms with van der Waals surface area (Å²) in [6, 6.07) is 8.04. The average Bonchev–Trinajstić information content (AvgIpc) is 3.11. The maximum absolute atomic E-state index is 12.8. The fourth-order valence-electron chi connectivity index (χ4n) is 5.85. The van der Waals surface area contributed by atoms with Crippen LogP contribution in [0, 0.1) is 17.8 Å². The van der Waals surface area contributed by atoms with Gasteiger partial charge >= 0.3 is 5.97 Å². The molecule has 24 heavy (non-hydrogen) atoms. The van der Waals surface area contributed by atoms with Gasteiger partial charge in [0.1, 0.15) is 18.0 Å². The van der Waals surface area contributed by atoms with Crippen molar-refractivity contribution in [3.8, 4) is 0 Å². The molecule has 4 heteroatoms. The number of nitrogens with zero attached hydrogens (tertiary/aromatic N) is 2. The highest BCUT2D eigenvalue weighted by atomic mass is 16.6. The molecule has 4 fully saturated rings. The van der Waals surface area contributed by atoms with Crippen molar-refractivity contribution in [3.63, 3.8) is 0 Å². The maximum atomic E-state index is 12.8. The van der Waals surface area contributed by atoms with Gasteiger partial charge in [-0.05, 0) is 62.0 Å². The number of rotatable bonds is 4. The number of esters is 1. The molecule has 0 amide bonds. The quantitative estimate of drug-likeness (QED) is 0.805. The van der Waals surface area contributed by atoms with Crippen LogP contribution >= 0.6 is 0 Å². The Bertz CT molecular complexity index is 795. The first-order chi connectivity index (χ1) is 11.7. The first kappa shape index (κ1) is 14.5. The number of imidazole rings is 1. The number of para-hydroxylation sites is 2. The minimum Gasteiger partial charge on any atom is -0.457 e. The Morgan fingerprint density at radius 3 is 2.75 bits per heavy atom. The molecule has 4 aliphatic carbocycles. The van der Waals surface area contributed by atoms with Crippen LogP contribution in [0.4, 0.5) is 0 Å². The molecule has 126 valence electrons. The summed E-state index contributed by atoms with van der Waals surface area (Å²) >= 11 is 0. The number of aromatic nitrogens is 2. The van der Waals surface area contributed by atoms with Crippen molar-refractivity contribution in [2.75, 3.05) is 0 Å². The lowest BCUT2D eigenvalue weighted by Crippen LogP contribution is -2.37. The Morgan fingerprint density at radius 2 is 2.00 bits per heavy atom. The van der Waals surface area contributed by atoms with Gasteiger partial charge in [-0.3, -0.25) is 4.79 Å². The van der Waals surface area contributed by atoms with E-state index < -0.39 is 0 Å². The van der Waals surface area contributed by atoms with E-state index in [9.17, 15) is 4.79 Å². The zero-order valence-corrected chi connectivity index (χ0v) is 14.2. The third-order valence-corrected chi connectivity index (χ3v) is 6.57. The van der Waals surface area contributed by atoms with E-state index in [4.69, 9.17) is 4.74 Å². The number of ether oxygens (including phenoxy) is 1. The number of aryl methyl sites for hydroxylation is 1. The predicted octanol–water partition coefficient (Wildman–Crippen LogP) is 3.72. The highest BCUT2D eigenvalue weighted by Gasteiger charge is 2.60. The Balaban J connectivity index is 1.40. The Labute approximate surface area is 142 Å². The Hall–Kier alpha value is -1.84. The fraction of sp³-hybridized carbons (Fsp3) is 0.600. The molecule has 4 bridgehead atoms. The molecule has 6 rings (SSSR count). The molecule has 0 aliphatic heterocycles. The van der Waals surface area contributed by atoms with Crippen LogP contribution in [-0.4, -0.2) is 21.1 Å². The summed E-state index contributed by atoms with van der Waals surface area (Å²) in [6.45, 7) is 2.37. The first-order valence-electron chi connectivity index (χ1n) is 9.33. The van der Waals surface area contributed by atoms with E-state index in [0.717, 1.165) is 48.0 Å². The van der Waals surface area contributed by atoms with Gasteiger partial charge in [-0.15, -0.1) is 0 Å². The van der Waals surface area contributed by atoms with Crippen LogP contribution < -0.4 is 0 Å². The largest absolute Gasteiger partial charge is 0.457 e. The van der Waals surface area contributed by atoms with Crippen LogP contribution in [0.1, 0.15) is 44.9 Å². The molecule has 2 atom stereocenters. The molecule has 0 spiro atoms. The smallest absolute Gasteiger partial charge is 0.326 e. The van der Waals surface area contributed by atoms with Gasteiger partial charge in [-0.2, -0.15) is 0 Å². The summed E-state index contributed by atoms with van der Waals surface area (Å²) in [6.07, 6.45) is 6.94. The van der Waals surface area contributed by atoms with Crippen LogP contribution in [0.15, 0.2) is 24.3 Å². The van der Waals surface area contributed by atoms with Gasteiger partial charge in [0, 0.05) is 6.42 Å². The summed E-state index contributed by atoms with van der Waals surface area (Å²) in [7, 11) is 0. The lowest BCUT2D eigenvalue weighted by Gasteiger charge is -2.32. The zero-order chi connectivity index (χ0) is 16.3. The minimum atomic E-state index is -0.132. The second-order valence-electron chi connectivity index (χ2n) is 8.04. The average molecular weight is 324 g/mol. The molecular formula is C20H24N2O2. The third kappa shape index (κ3) is 2.04. The second-order valence-corrected chi connectivity index (χ2v) is 8.04. The van der Waals surface area contributed by atoms with Gasteiger partial charge in [0.2, 0.25) is 0 Å². The molecule has 1 aromatic heterocycles. The zero-order valence-electron chi connectivity index (χ0n) is 14.2. The van der Waals surface area contributed by atoms with Gasteiger partial charge in [-0.25, -0.2) is 4.98 Å². The van der Waals surface area contributed by atoms with E-state index in [1.165, 1.54) is 19.3 Å². The molecule has 1 aromatic carbocycles. The Kier molecular flexibility index (Phi) is 3.07. The molecular weight excluding hydrogens is 300 g/mol. The minimum absolute atomic E-state index is 0.0824. The Morgan fingerprint density at radius 1 is 1.25 bits per heavy atom. The second kappa shape index (κ2) is 5.08. The standard InChI is InChI=1S/C20H24N2O2/c1-2-18-21-16-5-3-4-6-17(16)22(18)12-19(23)24-20-10-13-7-14(11-20)9-15(20)8-13/h3-6,13-15H,2,7-12H2,1H3. The highest BCUT2D eigenvalue weighted by Crippen LogP contribution is 2.62. The molecule has 0 saturated heterocycles. The monoisotopic (exact) mass is 324 g/mol. The third-order valence-electron chi connectivity index (χ3n) is 6.57. The summed E-state index contributed by atoms with van der Waals surface area (Å²) in [5, 5.41) is 0. The van der Waals surface area contributed by atoms with Gasteiger partial charge in [-0.1, -0.05) is 19.1 Å². The fourth-order valence-corrected chi connectivity index (χ4v) is 5.85. The highest BCUT2D eigenvalue weighted by molar-refractivity contribution is 5.79. The maximum Gasteiger partial charge on any atom is 0.326 e. The normalized spacial score (nSPS) is 33.5. The van der Waals surface area contributed by atoms with E-state index in [1.807, 2.05) is 28.8 Å². The van der Waals surface area contributed by atoms with Gasteiger partial charge < -0.3 is 9.30 Å². The molecule has 0 N–H and O–H groups in total. The van der Waals surface area contributed by atoms with Crippen molar-refractivity contribution in [2.45, 2.75) is 57.6 Å². The number of hydrogen-bond donors (Lipinski definition) is 0. The van der Waals surface area contributed by atoms with Gasteiger partial charge in [0.15, 0.2) is 0 Å². The summed E-state index contributed by atoms with van der Waals surface area (Å²) in [5.41, 5.74) is 1.86. The summed E-state index contributed by atoms with van der Waals surface area (Å²) in [5.74, 6) is 3.10. The van der Waals surface area contributed by atoms with Crippen LogP contribution in [-0.2, 0) is 22.5 Å². The van der Waals surface area contributed by atoms with Crippen molar-refractivity contribution in [2.24, 2.45) is 17.8 Å². The van der Waals surface area contributed by atoms with Crippen LogP contribution in [0.3, 0.4) is 0 Å². The molecule has 4 aliphatic rings. The van der Waals surface area contributed by atoms with Crippen molar-refractivity contribution in [1.82, 2.24) is 9.55 Å². The molecule has 2 aromatic rings. The van der Waals surface area contributed by atoms with Gasteiger partial charge in [0.25, 0.3) is 0 Å². The lowest BCUT2D eigenvalue weighted by molar-refractivity contribution is -0.163. The van der Waals surface area contributed by atoms with Gasteiger partial charge in [0.05, 0.1) is 11.0 Å². The van der Waals surface area contributed by atoms with Crippen LogP contribution in [0.25, 0.3) is 11.0 Å². The molecule has 4 saturated carbocycles. The first-order valence-corrected chi connectivity index (χ1v) is 9.33. The number of fused-ring (bicyclic) bond motifs is 1. The van der Waals surface area contributed by atoms with E-state index in [-0.39, 0.29) is 18.1 Å². The number of carbonyl (C=O) groups is 1. The number of benzene rings is 1. The van der Waals surface area contributed by atoms with Crippen LogP contribution in [0.2, 0.25) is 0 Å². The van der Waals surface area contributed by atoms with E-state index in [0.29, 0.717) is 5.92 Å². The summed E-state index contributed by atoms with van der Waals surface area (Å²) < 4.78 is 8.19.